The molecule has 1 saturated carbocycles. The molecule has 4 rings (SSSR count). The summed E-state index contributed by atoms with van der Waals surface area (Å²) in [6.45, 7) is 3.56. The number of urea groups is 1. The quantitative estimate of drug-likeness (QED) is 0.414. The normalized spacial score (nSPS) is 18.1. The minimum atomic E-state index is -0.748. The van der Waals surface area contributed by atoms with Crippen molar-refractivity contribution in [1.29, 1.82) is 0 Å². The van der Waals surface area contributed by atoms with Gasteiger partial charge < -0.3 is 24.8 Å². The number of rotatable bonds is 10. The van der Waals surface area contributed by atoms with Crippen LogP contribution in [0.5, 0.6) is 0 Å². The number of piperidine rings is 1. The largest absolute Gasteiger partial charge is 0.466 e. The number of halogens is 1. The summed E-state index contributed by atoms with van der Waals surface area (Å²) in [6.07, 6.45) is 11.2. The fraction of sp³-hybridized carbons (Fsp3) is 0.600. The zero-order valence-electron chi connectivity index (χ0n) is 23.7. The van der Waals surface area contributed by atoms with E-state index in [4.69, 9.17) is 16.3 Å². The SMILES string of the molecule is CCOC(=O)C1(C2CCCCC2)CCN(C(=O)C(Cc2ccc(Cl)cc2)NC(=O)NCCc2cncn2C)CC1. The molecule has 1 aliphatic carbocycles. The van der Waals surface area contributed by atoms with E-state index in [0.29, 0.717) is 62.9 Å². The van der Waals surface area contributed by atoms with Crippen molar-refractivity contribution in [2.24, 2.45) is 18.4 Å². The van der Waals surface area contributed by atoms with E-state index in [2.05, 4.69) is 15.6 Å². The average Bonchev–Trinajstić information content (AvgIpc) is 3.38. The van der Waals surface area contributed by atoms with Gasteiger partial charge in [-0.2, -0.15) is 0 Å². The van der Waals surface area contributed by atoms with Gasteiger partial charge in [-0.1, -0.05) is 43.0 Å². The summed E-state index contributed by atoms with van der Waals surface area (Å²) in [5.74, 6) is 0.0428. The molecule has 2 aliphatic rings. The monoisotopic (exact) mass is 571 g/mol. The number of carbonyl (C=O) groups is 3. The lowest BCUT2D eigenvalue weighted by Gasteiger charge is -2.46. The molecule has 1 aliphatic heterocycles. The first kappa shape index (κ1) is 29.9. The van der Waals surface area contributed by atoms with Crippen molar-refractivity contribution >= 4 is 29.5 Å². The van der Waals surface area contributed by atoms with E-state index in [1.165, 1.54) is 6.42 Å². The van der Waals surface area contributed by atoms with Gasteiger partial charge in [-0.25, -0.2) is 9.78 Å². The molecule has 0 radical (unpaired) electrons. The minimum absolute atomic E-state index is 0.113. The maximum atomic E-state index is 13.8. The van der Waals surface area contributed by atoms with Gasteiger partial charge in [0, 0.05) is 56.4 Å². The summed E-state index contributed by atoms with van der Waals surface area (Å²) in [7, 11) is 1.91. The van der Waals surface area contributed by atoms with Crippen LogP contribution < -0.4 is 10.6 Å². The highest BCUT2D eigenvalue weighted by Gasteiger charge is 2.49. The highest BCUT2D eigenvalue weighted by Crippen LogP contribution is 2.47. The number of ether oxygens (including phenoxy) is 1. The molecule has 10 heteroatoms. The third-order valence-electron chi connectivity index (χ3n) is 8.58. The number of nitrogens with zero attached hydrogens (tertiary/aromatic N) is 3. The molecular weight excluding hydrogens is 530 g/mol. The van der Waals surface area contributed by atoms with Crippen molar-refractivity contribution in [2.75, 3.05) is 26.2 Å². The van der Waals surface area contributed by atoms with Crippen molar-refractivity contribution in [3.63, 3.8) is 0 Å². The van der Waals surface area contributed by atoms with Gasteiger partial charge in [0.2, 0.25) is 5.91 Å². The van der Waals surface area contributed by atoms with Crippen molar-refractivity contribution in [2.45, 2.75) is 70.8 Å². The van der Waals surface area contributed by atoms with Gasteiger partial charge in [0.15, 0.2) is 0 Å². The molecule has 2 N–H and O–H groups in total. The molecule has 218 valence electrons. The van der Waals surface area contributed by atoms with Gasteiger partial charge in [0.1, 0.15) is 6.04 Å². The molecule has 2 heterocycles. The van der Waals surface area contributed by atoms with E-state index < -0.39 is 17.5 Å². The molecule has 0 spiro atoms. The van der Waals surface area contributed by atoms with Crippen LogP contribution >= 0.6 is 11.6 Å². The van der Waals surface area contributed by atoms with E-state index in [1.54, 1.807) is 29.6 Å². The Morgan fingerprint density at radius 3 is 2.45 bits per heavy atom. The fourth-order valence-corrected chi connectivity index (χ4v) is 6.38. The van der Waals surface area contributed by atoms with Gasteiger partial charge in [-0.15, -0.1) is 0 Å². The summed E-state index contributed by atoms with van der Waals surface area (Å²) in [5, 5.41) is 6.40. The Morgan fingerprint density at radius 1 is 1.12 bits per heavy atom. The molecule has 1 atom stereocenters. The number of benzene rings is 1. The number of aryl methyl sites for hydroxylation is 1. The van der Waals surface area contributed by atoms with Crippen molar-refractivity contribution < 1.29 is 19.1 Å². The van der Waals surface area contributed by atoms with Gasteiger partial charge in [-0.05, 0) is 56.2 Å². The molecule has 0 bridgehead atoms. The van der Waals surface area contributed by atoms with Crippen LogP contribution in [0.4, 0.5) is 4.79 Å². The van der Waals surface area contributed by atoms with Gasteiger partial charge in [0.25, 0.3) is 0 Å². The standard InChI is InChI=1S/C30H42ClN5O4/c1-3-40-28(38)30(23-7-5-4-6-8-23)14-17-36(18-15-30)27(37)26(19-22-9-11-24(31)12-10-22)34-29(39)33-16-13-25-20-32-21-35(25)2/h9-12,20-21,23,26H,3-8,13-19H2,1-2H3,(H2,33,34,39). The van der Waals surface area contributed by atoms with Crippen molar-refractivity contribution in [3.8, 4) is 0 Å². The molecule has 1 aromatic carbocycles. The number of hydrogen-bond acceptors (Lipinski definition) is 5. The van der Waals surface area contributed by atoms with E-state index in [1.807, 2.05) is 30.7 Å². The number of carbonyl (C=O) groups excluding carboxylic acids is 3. The number of esters is 1. The Kier molecular flexibility index (Phi) is 10.5. The number of aromatic nitrogens is 2. The second-order valence-electron chi connectivity index (χ2n) is 11.1. The lowest BCUT2D eigenvalue weighted by atomic mass is 9.63. The number of amides is 3. The number of hydrogen-bond donors (Lipinski definition) is 2. The Hall–Kier alpha value is -3.07. The number of likely N-dealkylation sites (tertiary alicyclic amines) is 1. The molecule has 3 amide bonds. The fourth-order valence-electron chi connectivity index (χ4n) is 6.25. The van der Waals surface area contributed by atoms with Crippen LogP contribution in [-0.2, 0) is 34.2 Å². The predicted octanol–water partition coefficient (Wildman–Crippen LogP) is 4.28. The molecule has 1 unspecified atom stereocenters. The smallest absolute Gasteiger partial charge is 0.315 e. The van der Waals surface area contributed by atoms with Crippen LogP contribution in [0.3, 0.4) is 0 Å². The summed E-state index contributed by atoms with van der Waals surface area (Å²) < 4.78 is 7.48. The van der Waals surface area contributed by atoms with Crippen LogP contribution in [0, 0.1) is 11.3 Å². The van der Waals surface area contributed by atoms with Crippen LogP contribution in [0.2, 0.25) is 5.02 Å². The highest BCUT2D eigenvalue weighted by atomic mass is 35.5. The average molecular weight is 572 g/mol. The second-order valence-corrected chi connectivity index (χ2v) is 11.5. The number of imidazole rings is 1. The minimum Gasteiger partial charge on any atom is -0.466 e. The third kappa shape index (κ3) is 7.36. The van der Waals surface area contributed by atoms with Crippen molar-refractivity contribution in [3.05, 3.63) is 53.1 Å². The Labute approximate surface area is 242 Å². The van der Waals surface area contributed by atoms with E-state index in [9.17, 15) is 14.4 Å². The maximum Gasteiger partial charge on any atom is 0.315 e. The summed E-state index contributed by atoms with van der Waals surface area (Å²) in [4.78, 5) is 45.8. The van der Waals surface area contributed by atoms with Crippen LogP contribution in [0.25, 0.3) is 0 Å². The molecule has 1 aromatic heterocycles. The zero-order valence-corrected chi connectivity index (χ0v) is 24.4. The Morgan fingerprint density at radius 2 is 1.82 bits per heavy atom. The Balaban J connectivity index is 1.42. The summed E-state index contributed by atoms with van der Waals surface area (Å²) in [5.41, 5.74) is 1.37. The first-order chi connectivity index (χ1) is 19.3. The summed E-state index contributed by atoms with van der Waals surface area (Å²) >= 11 is 6.07. The van der Waals surface area contributed by atoms with Crippen LogP contribution in [0.15, 0.2) is 36.8 Å². The van der Waals surface area contributed by atoms with E-state index in [0.717, 1.165) is 36.9 Å². The first-order valence-corrected chi connectivity index (χ1v) is 14.9. The van der Waals surface area contributed by atoms with E-state index >= 15 is 0 Å². The van der Waals surface area contributed by atoms with Gasteiger partial charge in [0.05, 0.1) is 18.3 Å². The third-order valence-corrected chi connectivity index (χ3v) is 8.83. The molecule has 9 nitrogen and oxygen atoms in total. The zero-order chi connectivity index (χ0) is 28.5. The van der Waals surface area contributed by atoms with Crippen LogP contribution in [0.1, 0.15) is 63.1 Å². The lowest BCUT2D eigenvalue weighted by molar-refractivity contribution is -0.166. The predicted molar refractivity (Wildman–Crippen MR) is 154 cm³/mol. The first-order valence-electron chi connectivity index (χ1n) is 14.5. The van der Waals surface area contributed by atoms with Gasteiger partial charge >= 0.3 is 12.0 Å². The Bertz CT molecular complexity index is 1140. The molecule has 1 saturated heterocycles. The van der Waals surface area contributed by atoms with Crippen molar-refractivity contribution in [1.82, 2.24) is 25.1 Å². The van der Waals surface area contributed by atoms with Crippen LogP contribution in [-0.4, -0.2) is 64.6 Å². The maximum absolute atomic E-state index is 13.8. The number of nitrogens with one attached hydrogen (secondary N) is 2. The molecule has 2 aromatic rings. The highest BCUT2D eigenvalue weighted by molar-refractivity contribution is 6.30. The van der Waals surface area contributed by atoms with E-state index in [-0.39, 0.29) is 11.9 Å². The topological polar surface area (TPSA) is 106 Å². The lowest BCUT2D eigenvalue weighted by Crippen LogP contribution is -2.56. The van der Waals surface area contributed by atoms with Gasteiger partial charge in [-0.3, -0.25) is 9.59 Å². The second kappa shape index (κ2) is 14.0. The molecule has 2 fully saturated rings. The molecular formula is C30H42ClN5O4. The molecule has 40 heavy (non-hydrogen) atoms. The summed E-state index contributed by atoms with van der Waals surface area (Å²) in [6, 6.07) is 6.17.